The van der Waals surface area contributed by atoms with Crippen LogP contribution in [0.25, 0.3) is 0 Å². The van der Waals surface area contributed by atoms with E-state index >= 15 is 0 Å². The van der Waals surface area contributed by atoms with Gasteiger partial charge < -0.3 is 4.90 Å². The monoisotopic (exact) mass is 263 g/mol. The number of nitriles is 1. The first-order valence-corrected chi connectivity index (χ1v) is 6.99. The third-order valence-electron chi connectivity index (χ3n) is 3.52. The Kier molecular flexibility index (Phi) is 3.67. The number of hydrogen-bond donors (Lipinski definition) is 0. The quantitative estimate of drug-likeness (QED) is 0.822. The van der Waals surface area contributed by atoms with Crippen molar-refractivity contribution in [2.45, 2.75) is 39.2 Å². The molecule has 0 spiro atoms. The fraction of sp³-hybridized carbons (Fsp3) is 0.615. The molecule has 0 saturated carbocycles. The van der Waals surface area contributed by atoms with Crippen molar-refractivity contribution in [3.8, 4) is 6.07 Å². The molecule has 96 valence electrons. The van der Waals surface area contributed by atoms with Gasteiger partial charge in [-0.15, -0.1) is 11.3 Å². The van der Waals surface area contributed by atoms with Crippen molar-refractivity contribution < 1.29 is 4.79 Å². The normalized spacial score (nSPS) is 22.5. The summed E-state index contributed by atoms with van der Waals surface area (Å²) in [5.41, 5.74) is 1.61. The van der Waals surface area contributed by atoms with Crippen LogP contribution in [0, 0.1) is 16.7 Å². The predicted octanol–water partition coefficient (Wildman–Crippen LogP) is 2.23. The van der Waals surface area contributed by atoms with Gasteiger partial charge in [-0.05, 0) is 18.3 Å². The highest BCUT2D eigenvalue weighted by atomic mass is 32.1. The van der Waals surface area contributed by atoms with Crippen molar-refractivity contribution in [1.82, 2.24) is 9.88 Å². The lowest BCUT2D eigenvalue weighted by Gasteiger charge is -2.42. The first-order chi connectivity index (χ1) is 8.54. The van der Waals surface area contributed by atoms with Gasteiger partial charge in [0.1, 0.15) is 6.04 Å². The minimum Gasteiger partial charge on any atom is -0.326 e. The van der Waals surface area contributed by atoms with Crippen molar-refractivity contribution in [2.24, 2.45) is 5.41 Å². The maximum absolute atomic E-state index is 12.3. The Morgan fingerprint density at radius 1 is 1.72 bits per heavy atom. The second-order valence-electron chi connectivity index (χ2n) is 5.36. The second kappa shape index (κ2) is 5.07. The first kappa shape index (κ1) is 13.0. The fourth-order valence-electron chi connectivity index (χ4n) is 2.49. The Hall–Kier alpha value is -1.41. The van der Waals surface area contributed by atoms with Crippen LogP contribution in [0.4, 0.5) is 0 Å². The van der Waals surface area contributed by atoms with Gasteiger partial charge in [-0.2, -0.15) is 5.26 Å². The molecule has 0 radical (unpaired) electrons. The number of hydrogen-bond acceptors (Lipinski definition) is 4. The lowest BCUT2D eigenvalue weighted by molar-refractivity contribution is -0.135. The molecule has 1 aliphatic rings. The summed E-state index contributed by atoms with van der Waals surface area (Å²) in [5.74, 6) is 0.0403. The van der Waals surface area contributed by atoms with E-state index in [1.54, 1.807) is 16.6 Å². The summed E-state index contributed by atoms with van der Waals surface area (Å²) in [5, 5.41) is 9.32. The molecule has 4 nitrogen and oxygen atoms in total. The fourth-order valence-corrected chi connectivity index (χ4v) is 3.07. The minimum absolute atomic E-state index is 0.0403. The van der Waals surface area contributed by atoms with Gasteiger partial charge >= 0.3 is 0 Å². The summed E-state index contributed by atoms with van der Waals surface area (Å²) in [6, 6.07) is 1.98. The highest BCUT2D eigenvalue weighted by Crippen LogP contribution is 2.35. The van der Waals surface area contributed by atoms with Crippen LogP contribution in [0.15, 0.2) is 11.7 Å². The molecule has 1 atom stereocenters. The standard InChI is InChI=1S/C13H17N3OS/c1-13(2)4-3-5-16(11(13)7-14)12(17)6-10-8-15-9-18-10/h8-9,11H,3-6H2,1-2H3/t11-/m1/s1. The van der Waals surface area contributed by atoms with E-state index in [1.807, 2.05) is 0 Å². The van der Waals surface area contributed by atoms with Crippen LogP contribution in [0.1, 0.15) is 31.6 Å². The third-order valence-corrected chi connectivity index (χ3v) is 4.30. The molecule has 1 amide bonds. The maximum Gasteiger partial charge on any atom is 0.228 e. The van der Waals surface area contributed by atoms with Crippen LogP contribution >= 0.6 is 11.3 Å². The largest absolute Gasteiger partial charge is 0.326 e. The second-order valence-corrected chi connectivity index (χ2v) is 6.33. The highest BCUT2D eigenvalue weighted by Gasteiger charge is 2.39. The van der Waals surface area contributed by atoms with Crippen LogP contribution < -0.4 is 0 Å². The molecular formula is C13H17N3OS. The molecule has 0 bridgehead atoms. The smallest absolute Gasteiger partial charge is 0.228 e. The van der Waals surface area contributed by atoms with Crippen molar-refractivity contribution in [2.75, 3.05) is 6.54 Å². The Morgan fingerprint density at radius 3 is 3.11 bits per heavy atom. The van der Waals surface area contributed by atoms with Crippen molar-refractivity contribution >= 4 is 17.2 Å². The van der Waals surface area contributed by atoms with Crippen molar-refractivity contribution in [3.63, 3.8) is 0 Å². The SMILES string of the molecule is CC1(C)CCCN(C(=O)Cc2cncs2)[C@@H]1C#N. The molecule has 5 heteroatoms. The lowest BCUT2D eigenvalue weighted by atomic mass is 9.77. The number of aromatic nitrogens is 1. The topological polar surface area (TPSA) is 57.0 Å². The molecule has 0 unspecified atom stereocenters. The van der Waals surface area contributed by atoms with Gasteiger partial charge in [0.25, 0.3) is 0 Å². The lowest BCUT2D eigenvalue weighted by Crippen LogP contribution is -2.52. The van der Waals surface area contributed by atoms with E-state index in [0.717, 1.165) is 17.7 Å². The van der Waals surface area contributed by atoms with Crippen LogP contribution in [-0.4, -0.2) is 28.4 Å². The zero-order valence-corrected chi connectivity index (χ0v) is 11.5. The maximum atomic E-state index is 12.3. The highest BCUT2D eigenvalue weighted by molar-refractivity contribution is 7.09. The van der Waals surface area contributed by atoms with Crippen molar-refractivity contribution in [1.29, 1.82) is 5.26 Å². The molecule has 1 aliphatic heterocycles. The summed E-state index contributed by atoms with van der Waals surface area (Å²) >= 11 is 1.48. The van der Waals surface area contributed by atoms with E-state index < -0.39 is 0 Å². The summed E-state index contributed by atoms with van der Waals surface area (Å²) in [7, 11) is 0. The van der Waals surface area contributed by atoms with E-state index in [0.29, 0.717) is 13.0 Å². The zero-order chi connectivity index (χ0) is 13.2. The van der Waals surface area contributed by atoms with Crippen LogP contribution in [-0.2, 0) is 11.2 Å². The van der Waals surface area contributed by atoms with Gasteiger partial charge in [0.2, 0.25) is 5.91 Å². The Bertz CT molecular complexity index is 461. The van der Waals surface area contributed by atoms with E-state index in [-0.39, 0.29) is 17.4 Å². The van der Waals surface area contributed by atoms with Gasteiger partial charge in [0.05, 0.1) is 18.0 Å². The summed E-state index contributed by atoms with van der Waals surface area (Å²) in [6.07, 6.45) is 4.05. The van der Waals surface area contributed by atoms with Crippen molar-refractivity contribution in [3.05, 3.63) is 16.6 Å². The molecule has 1 aromatic rings. The van der Waals surface area contributed by atoms with Gasteiger partial charge in [-0.3, -0.25) is 9.78 Å². The van der Waals surface area contributed by atoms with Gasteiger partial charge in [0, 0.05) is 17.6 Å². The van der Waals surface area contributed by atoms with Crippen LogP contribution in [0.5, 0.6) is 0 Å². The molecule has 1 aromatic heterocycles. The average Bonchev–Trinajstić information content (AvgIpc) is 2.80. The Labute approximate surface area is 111 Å². The molecule has 0 aliphatic carbocycles. The molecule has 0 aromatic carbocycles. The number of nitrogens with zero attached hydrogens (tertiary/aromatic N) is 3. The summed E-state index contributed by atoms with van der Waals surface area (Å²) < 4.78 is 0. The van der Waals surface area contributed by atoms with E-state index in [1.165, 1.54) is 11.3 Å². The summed E-state index contributed by atoms with van der Waals surface area (Å²) in [4.78, 5) is 18.9. The van der Waals surface area contributed by atoms with Crippen LogP contribution in [0.3, 0.4) is 0 Å². The third kappa shape index (κ3) is 2.54. The number of amides is 1. The van der Waals surface area contributed by atoms with E-state index in [4.69, 9.17) is 0 Å². The first-order valence-electron chi connectivity index (χ1n) is 6.11. The number of piperidine rings is 1. The molecular weight excluding hydrogens is 246 g/mol. The average molecular weight is 263 g/mol. The van der Waals surface area contributed by atoms with Gasteiger partial charge in [-0.1, -0.05) is 13.8 Å². The summed E-state index contributed by atoms with van der Waals surface area (Å²) in [6.45, 7) is 4.82. The number of carbonyl (C=O) groups is 1. The van der Waals surface area contributed by atoms with E-state index in [2.05, 4.69) is 24.9 Å². The Morgan fingerprint density at radius 2 is 2.50 bits per heavy atom. The van der Waals surface area contributed by atoms with E-state index in [9.17, 15) is 10.1 Å². The van der Waals surface area contributed by atoms with Gasteiger partial charge in [-0.25, -0.2) is 0 Å². The molecule has 18 heavy (non-hydrogen) atoms. The minimum atomic E-state index is -0.313. The zero-order valence-electron chi connectivity index (χ0n) is 10.7. The molecule has 2 rings (SSSR count). The predicted molar refractivity (Wildman–Crippen MR) is 69.9 cm³/mol. The molecule has 1 fully saturated rings. The van der Waals surface area contributed by atoms with Gasteiger partial charge in [0.15, 0.2) is 0 Å². The number of carbonyl (C=O) groups excluding carboxylic acids is 1. The molecule has 2 heterocycles. The molecule has 0 N–H and O–H groups in total. The number of thiazole rings is 1. The molecule has 1 saturated heterocycles. The number of likely N-dealkylation sites (tertiary alicyclic amines) is 1. The van der Waals surface area contributed by atoms with Crippen LogP contribution in [0.2, 0.25) is 0 Å². The Balaban J connectivity index is 2.11. The number of rotatable bonds is 2.